The zero-order chi connectivity index (χ0) is 16.1. The predicted octanol–water partition coefficient (Wildman–Crippen LogP) is -0.0761. The molecule has 21 heavy (non-hydrogen) atoms. The molecule has 0 aliphatic heterocycles. The Bertz CT molecular complexity index is 671. The van der Waals surface area contributed by atoms with Gasteiger partial charge in [-0.15, -0.1) is 0 Å². The van der Waals surface area contributed by atoms with Crippen molar-refractivity contribution in [3.8, 4) is 0 Å². The second kappa shape index (κ2) is 7.32. The van der Waals surface area contributed by atoms with Gasteiger partial charge in [-0.2, -0.15) is 0 Å². The fourth-order valence-electron chi connectivity index (χ4n) is 1.74. The van der Waals surface area contributed by atoms with Crippen molar-refractivity contribution in [2.24, 2.45) is 5.14 Å². The van der Waals surface area contributed by atoms with Crippen LogP contribution in [0.25, 0.3) is 0 Å². The molecular weight excluding hydrogens is 314 g/mol. The predicted molar refractivity (Wildman–Crippen MR) is 81.7 cm³/mol. The first kappa shape index (κ1) is 18.1. The summed E-state index contributed by atoms with van der Waals surface area (Å²) in [5.74, 6) is 0. The summed E-state index contributed by atoms with van der Waals surface area (Å²) < 4.78 is 46.7. The van der Waals surface area contributed by atoms with Gasteiger partial charge in [0.25, 0.3) is 0 Å². The summed E-state index contributed by atoms with van der Waals surface area (Å²) in [6, 6.07) is 6.35. The van der Waals surface area contributed by atoms with Crippen LogP contribution in [0.4, 0.5) is 0 Å². The third kappa shape index (κ3) is 7.00. The van der Waals surface area contributed by atoms with E-state index in [-0.39, 0.29) is 10.9 Å². The van der Waals surface area contributed by atoms with Gasteiger partial charge in [0, 0.05) is 12.6 Å². The van der Waals surface area contributed by atoms with E-state index in [0.717, 1.165) is 11.8 Å². The molecular formula is C12H21N3O4S2. The van der Waals surface area contributed by atoms with Gasteiger partial charge in [-0.25, -0.2) is 26.7 Å². The lowest BCUT2D eigenvalue weighted by Gasteiger charge is -2.15. The molecule has 4 N–H and O–H groups in total. The molecule has 0 aromatic heterocycles. The van der Waals surface area contributed by atoms with Crippen LogP contribution in [0.2, 0.25) is 0 Å². The van der Waals surface area contributed by atoms with Crippen LogP contribution in [0, 0.1) is 0 Å². The van der Waals surface area contributed by atoms with E-state index in [4.69, 9.17) is 5.14 Å². The topological polar surface area (TPSA) is 118 Å². The van der Waals surface area contributed by atoms with Gasteiger partial charge in [0.1, 0.15) is 0 Å². The Morgan fingerprint density at radius 1 is 1.19 bits per heavy atom. The molecule has 1 atom stereocenters. The molecule has 0 spiro atoms. The molecule has 0 aliphatic carbocycles. The minimum atomic E-state index is -3.71. The van der Waals surface area contributed by atoms with Crippen molar-refractivity contribution in [3.05, 3.63) is 29.8 Å². The summed E-state index contributed by atoms with van der Waals surface area (Å²) in [6.07, 6.45) is 1.74. The average Bonchev–Trinajstić information content (AvgIpc) is 2.36. The summed E-state index contributed by atoms with van der Waals surface area (Å²) >= 11 is 0. The Kier molecular flexibility index (Phi) is 6.29. The second-order valence-corrected chi connectivity index (χ2v) is 8.21. The number of benzene rings is 1. The number of nitrogens with one attached hydrogen (secondary N) is 2. The number of hydrogen-bond donors (Lipinski definition) is 3. The Balaban J connectivity index is 2.51. The molecule has 1 aromatic carbocycles. The van der Waals surface area contributed by atoms with Crippen molar-refractivity contribution in [1.29, 1.82) is 0 Å². The van der Waals surface area contributed by atoms with Gasteiger partial charge in [-0.3, -0.25) is 0 Å². The van der Waals surface area contributed by atoms with E-state index in [1.54, 1.807) is 12.1 Å². The Hall–Kier alpha value is -1.00. The summed E-state index contributed by atoms with van der Waals surface area (Å²) in [7, 11) is -6.87. The molecule has 0 aliphatic rings. The molecule has 0 amide bonds. The third-order valence-electron chi connectivity index (χ3n) is 2.85. The fourth-order valence-corrected chi connectivity index (χ4v) is 2.83. The molecule has 9 heteroatoms. The number of hydrogen-bond acceptors (Lipinski definition) is 5. The van der Waals surface area contributed by atoms with Crippen LogP contribution in [0.15, 0.2) is 29.2 Å². The standard InChI is InChI=1S/C12H21N3O4S2/c1-10(14-7-4-8-15-20(2,16)17)11-5-3-6-12(9-11)21(13,18)19/h3,5-6,9-10,14-15H,4,7-8H2,1-2H3,(H2,13,18,19). The normalized spacial score (nSPS) is 14.0. The lowest BCUT2D eigenvalue weighted by Crippen LogP contribution is -2.27. The minimum Gasteiger partial charge on any atom is -0.310 e. The molecule has 120 valence electrons. The van der Waals surface area contributed by atoms with Crippen LogP contribution >= 0.6 is 0 Å². The van der Waals surface area contributed by atoms with Crippen molar-refractivity contribution in [2.75, 3.05) is 19.3 Å². The molecule has 0 fully saturated rings. The second-order valence-electron chi connectivity index (χ2n) is 4.81. The van der Waals surface area contributed by atoms with Gasteiger partial charge >= 0.3 is 0 Å². The Labute approximate surface area is 126 Å². The summed E-state index contributed by atoms with van der Waals surface area (Å²) in [6.45, 7) is 2.85. The highest BCUT2D eigenvalue weighted by Crippen LogP contribution is 2.16. The van der Waals surface area contributed by atoms with E-state index in [2.05, 4.69) is 10.0 Å². The van der Waals surface area contributed by atoms with E-state index in [0.29, 0.717) is 19.5 Å². The molecule has 0 bridgehead atoms. The van der Waals surface area contributed by atoms with E-state index in [9.17, 15) is 16.8 Å². The maximum absolute atomic E-state index is 11.3. The first-order valence-electron chi connectivity index (χ1n) is 6.40. The summed E-state index contributed by atoms with van der Waals surface area (Å²) in [5.41, 5.74) is 0.803. The van der Waals surface area contributed by atoms with E-state index >= 15 is 0 Å². The van der Waals surface area contributed by atoms with Crippen molar-refractivity contribution in [2.45, 2.75) is 24.3 Å². The van der Waals surface area contributed by atoms with Crippen LogP contribution in [0.1, 0.15) is 24.9 Å². The van der Waals surface area contributed by atoms with Crippen molar-refractivity contribution >= 4 is 20.0 Å². The van der Waals surface area contributed by atoms with Crippen LogP contribution in [-0.4, -0.2) is 36.2 Å². The van der Waals surface area contributed by atoms with Gasteiger partial charge in [0.05, 0.1) is 11.2 Å². The van der Waals surface area contributed by atoms with Crippen LogP contribution in [-0.2, 0) is 20.0 Å². The van der Waals surface area contributed by atoms with Gasteiger partial charge in [0.15, 0.2) is 0 Å². The van der Waals surface area contributed by atoms with Crippen LogP contribution in [0.5, 0.6) is 0 Å². The number of primary sulfonamides is 1. The van der Waals surface area contributed by atoms with Crippen molar-refractivity contribution in [3.63, 3.8) is 0 Å². The highest BCUT2D eigenvalue weighted by Gasteiger charge is 2.11. The Morgan fingerprint density at radius 3 is 2.43 bits per heavy atom. The third-order valence-corrected chi connectivity index (χ3v) is 4.49. The molecule has 1 aromatic rings. The lowest BCUT2D eigenvalue weighted by atomic mass is 10.1. The van der Waals surface area contributed by atoms with Crippen molar-refractivity contribution < 1.29 is 16.8 Å². The zero-order valence-corrected chi connectivity index (χ0v) is 13.7. The Morgan fingerprint density at radius 2 is 1.86 bits per heavy atom. The molecule has 0 heterocycles. The summed E-state index contributed by atoms with van der Waals surface area (Å²) in [5, 5.41) is 8.29. The highest BCUT2D eigenvalue weighted by molar-refractivity contribution is 7.89. The van der Waals surface area contributed by atoms with Gasteiger partial charge < -0.3 is 5.32 Å². The first-order chi connectivity index (χ1) is 9.59. The summed E-state index contributed by atoms with van der Waals surface area (Å²) in [4.78, 5) is 0.0763. The molecule has 0 radical (unpaired) electrons. The molecule has 7 nitrogen and oxygen atoms in total. The molecule has 1 unspecified atom stereocenters. The highest BCUT2D eigenvalue weighted by atomic mass is 32.2. The maximum atomic E-state index is 11.3. The number of nitrogens with two attached hydrogens (primary N) is 1. The SMILES string of the molecule is CC(NCCCNS(C)(=O)=O)c1cccc(S(N)(=O)=O)c1. The van der Waals surface area contributed by atoms with E-state index < -0.39 is 20.0 Å². The molecule has 0 saturated carbocycles. The van der Waals surface area contributed by atoms with E-state index in [1.165, 1.54) is 12.1 Å². The quantitative estimate of drug-likeness (QED) is 0.574. The molecule has 1 rings (SSSR count). The largest absolute Gasteiger partial charge is 0.310 e. The average molecular weight is 335 g/mol. The first-order valence-corrected chi connectivity index (χ1v) is 9.84. The monoisotopic (exact) mass is 335 g/mol. The van der Waals surface area contributed by atoms with Crippen LogP contribution < -0.4 is 15.2 Å². The lowest BCUT2D eigenvalue weighted by molar-refractivity contribution is 0.547. The van der Waals surface area contributed by atoms with Gasteiger partial charge in [-0.1, -0.05) is 12.1 Å². The van der Waals surface area contributed by atoms with Crippen LogP contribution in [0.3, 0.4) is 0 Å². The minimum absolute atomic E-state index is 0.0649. The fraction of sp³-hybridized carbons (Fsp3) is 0.500. The zero-order valence-electron chi connectivity index (χ0n) is 12.0. The smallest absolute Gasteiger partial charge is 0.238 e. The number of sulfonamides is 2. The van der Waals surface area contributed by atoms with Crippen molar-refractivity contribution in [1.82, 2.24) is 10.0 Å². The van der Waals surface area contributed by atoms with Gasteiger partial charge in [-0.05, 0) is 37.6 Å². The molecule has 0 saturated heterocycles. The van der Waals surface area contributed by atoms with Gasteiger partial charge in [0.2, 0.25) is 20.0 Å². The number of rotatable bonds is 8. The van der Waals surface area contributed by atoms with E-state index in [1.807, 2.05) is 6.92 Å². The maximum Gasteiger partial charge on any atom is 0.238 e.